The maximum Gasteiger partial charge on any atom is 0.306 e. The van der Waals surface area contributed by atoms with Gasteiger partial charge in [0.2, 0.25) is 0 Å². The lowest BCUT2D eigenvalue weighted by molar-refractivity contribution is -0.115. The lowest BCUT2D eigenvalue weighted by Gasteiger charge is -1.96. The summed E-state index contributed by atoms with van der Waals surface area (Å²) in [5, 5.41) is 2.41. The molecule has 1 heterocycles. The van der Waals surface area contributed by atoms with Gasteiger partial charge in [0.25, 0.3) is 5.90 Å². The van der Waals surface area contributed by atoms with E-state index >= 15 is 0 Å². The van der Waals surface area contributed by atoms with Crippen LogP contribution in [0, 0.1) is 0 Å². The fourth-order valence-corrected chi connectivity index (χ4v) is 0.579. The first-order valence-corrected chi connectivity index (χ1v) is 2.74. The third-order valence-electron chi connectivity index (χ3n) is 1.01. The molecule has 0 fully saturated rings. The number of hydrogen-bond acceptors (Lipinski definition) is 3. The minimum atomic E-state index is -0.243. The van der Waals surface area contributed by atoms with E-state index in [2.05, 4.69) is 10.3 Å². The van der Waals surface area contributed by atoms with Crippen molar-refractivity contribution >= 4 is 11.8 Å². The second kappa shape index (κ2) is 2.48. The number of aliphatic imine (C=N–C) groups is 1. The van der Waals surface area contributed by atoms with Gasteiger partial charge < -0.3 is 10.1 Å². The highest BCUT2D eigenvalue weighted by atomic mass is 16.5. The maximum absolute atomic E-state index is 10.6. The number of likely N-dealkylation sites (N-methyl/N-ethyl adjacent to an activating group) is 1. The van der Waals surface area contributed by atoms with Crippen molar-refractivity contribution in [2.45, 2.75) is 0 Å². The molecule has 9 heavy (non-hydrogen) atoms. The van der Waals surface area contributed by atoms with Crippen LogP contribution < -0.4 is 5.32 Å². The Balaban J connectivity index is 2.51. The molecule has 0 unspecified atom stereocenters. The van der Waals surface area contributed by atoms with Gasteiger partial charge in [-0.25, -0.2) is 4.99 Å². The van der Waals surface area contributed by atoms with Gasteiger partial charge in [-0.2, -0.15) is 0 Å². The van der Waals surface area contributed by atoms with E-state index in [0.717, 1.165) is 0 Å². The Hall–Kier alpha value is -1.06. The average Bonchev–Trinajstić information content (AvgIpc) is 2.37. The number of nitrogens with one attached hydrogen (secondary N) is 1. The summed E-state index contributed by atoms with van der Waals surface area (Å²) < 4.78 is 4.84. The molecule has 50 valence electrons. The summed E-state index contributed by atoms with van der Waals surface area (Å²) in [7, 11) is 1.55. The Morgan fingerprint density at radius 2 is 2.67 bits per heavy atom. The Kier molecular flexibility index (Phi) is 1.67. The van der Waals surface area contributed by atoms with Crippen LogP contribution in [-0.2, 0) is 9.53 Å². The number of hydrogen-bond donors (Lipinski definition) is 1. The lowest BCUT2D eigenvalue weighted by Crippen LogP contribution is -2.27. The van der Waals surface area contributed by atoms with Crippen molar-refractivity contribution in [1.82, 2.24) is 5.32 Å². The molecule has 0 spiro atoms. The first kappa shape index (κ1) is 6.07. The van der Waals surface area contributed by atoms with Crippen molar-refractivity contribution in [1.29, 1.82) is 0 Å². The Morgan fingerprint density at radius 1 is 1.89 bits per heavy atom. The second-order valence-electron chi connectivity index (χ2n) is 1.61. The van der Waals surface area contributed by atoms with Gasteiger partial charge in [-0.3, -0.25) is 4.79 Å². The molecule has 0 aliphatic carbocycles. The van der Waals surface area contributed by atoms with Crippen LogP contribution in [0.5, 0.6) is 0 Å². The fourth-order valence-electron chi connectivity index (χ4n) is 0.579. The molecular weight excluding hydrogens is 120 g/mol. The number of rotatable bonds is 1. The average molecular weight is 128 g/mol. The summed E-state index contributed by atoms with van der Waals surface area (Å²) in [6.45, 7) is 1.13. The van der Waals surface area contributed by atoms with E-state index in [4.69, 9.17) is 4.74 Å². The lowest BCUT2D eigenvalue weighted by atomic mass is 10.6. The van der Waals surface area contributed by atoms with Crippen LogP contribution in [0.3, 0.4) is 0 Å². The van der Waals surface area contributed by atoms with Crippen molar-refractivity contribution in [2.75, 3.05) is 20.2 Å². The van der Waals surface area contributed by atoms with Gasteiger partial charge >= 0.3 is 5.91 Å². The summed E-state index contributed by atoms with van der Waals surface area (Å²) >= 11 is 0. The van der Waals surface area contributed by atoms with Crippen LogP contribution in [0.15, 0.2) is 4.99 Å². The van der Waals surface area contributed by atoms with Gasteiger partial charge in [-0.15, -0.1) is 0 Å². The summed E-state index contributed by atoms with van der Waals surface area (Å²) in [5.41, 5.74) is 0. The topological polar surface area (TPSA) is 50.7 Å². The third-order valence-corrected chi connectivity index (χ3v) is 1.01. The SMILES string of the molecule is CNC(=O)C1=NCCO1. The highest BCUT2D eigenvalue weighted by molar-refractivity contribution is 6.35. The van der Waals surface area contributed by atoms with E-state index in [9.17, 15) is 4.79 Å². The van der Waals surface area contributed by atoms with Gasteiger partial charge in [-0.05, 0) is 0 Å². The van der Waals surface area contributed by atoms with Gasteiger partial charge in [0, 0.05) is 7.05 Å². The summed E-state index contributed by atoms with van der Waals surface area (Å²) in [4.78, 5) is 14.4. The molecule has 1 aliphatic heterocycles. The third kappa shape index (κ3) is 1.19. The Bertz CT molecular complexity index is 153. The molecule has 0 aromatic heterocycles. The van der Waals surface area contributed by atoms with Gasteiger partial charge in [0.05, 0.1) is 6.54 Å². The first-order valence-electron chi connectivity index (χ1n) is 2.74. The van der Waals surface area contributed by atoms with Crippen molar-refractivity contribution in [3.05, 3.63) is 0 Å². The number of carbonyl (C=O) groups excluding carboxylic acids is 1. The Morgan fingerprint density at radius 3 is 3.11 bits per heavy atom. The molecule has 0 aromatic carbocycles. The predicted molar refractivity (Wildman–Crippen MR) is 32.3 cm³/mol. The number of ether oxygens (including phenoxy) is 1. The van der Waals surface area contributed by atoms with E-state index in [-0.39, 0.29) is 11.8 Å². The summed E-state index contributed by atoms with van der Waals surface area (Å²) in [5.74, 6) is -0.0370. The molecule has 0 atom stereocenters. The largest absolute Gasteiger partial charge is 0.472 e. The number of nitrogens with zero attached hydrogens (tertiary/aromatic N) is 1. The standard InChI is InChI=1S/C5H8N2O2/c1-6-4(8)5-7-2-3-9-5/h2-3H2,1H3,(H,6,8). The molecule has 1 amide bonds. The molecule has 4 heteroatoms. The molecule has 0 saturated carbocycles. The highest BCUT2D eigenvalue weighted by Crippen LogP contribution is 1.92. The minimum Gasteiger partial charge on any atom is -0.472 e. The molecule has 0 aromatic rings. The molecule has 0 saturated heterocycles. The summed E-state index contributed by atoms with van der Waals surface area (Å²) in [6.07, 6.45) is 0. The van der Waals surface area contributed by atoms with Crippen LogP contribution in [0.25, 0.3) is 0 Å². The van der Waals surface area contributed by atoms with Crippen molar-refractivity contribution < 1.29 is 9.53 Å². The monoisotopic (exact) mass is 128 g/mol. The smallest absolute Gasteiger partial charge is 0.306 e. The van der Waals surface area contributed by atoms with Crippen LogP contribution in [0.1, 0.15) is 0 Å². The molecule has 1 rings (SSSR count). The molecule has 1 aliphatic rings. The van der Waals surface area contributed by atoms with Crippen molar-refractivity contribution in [2.24, 2.45) is 4.99 Å². The Labute approximate surface area is 52.9 Å². The van der Waals surface area contributed by atoms with E-state index in [0.29, 0.717) is 13.2 Å². The fraction of sp³-hybridized carbons (Fsp3) is 0.600. The zero-order valence-electron chi connectivity index (χ0n) is 5.18. The molecule has 1 N–H and O–H groups in total. The minimum absolute atomic E-state index is 0.206. The van der Waals surface area contributed by atoms with E-state index in [1.165, 1.54) is 0 Å². The zero-order valence-corrected chi connectivity index (χ0v) is 5.18. The van der Waals surface area contributed by atoms with Gasteiger partial charge in [0.1, 0.15) is 6.61 Å². The molecule has 4 nitrogen and oxygen atoms in total. The molecule has 0 bridgehead atoms. The van der Waals surface area contributed by atoms with Gasteiger partial charge in [-0.1, -0.05) is 0 Å². The van der Waals surface area contributed by atoms with Crippen LogP contribution in [0.2, 0.25) is 0 Å². The summed E-state index contributed by atoms with van der Waals surface area (Å²) in [6, 6.07) is 0. The van der Waals surface area contributed by atoms with E-state index in [1.807, 2.05) is 0 Å². The van der Waals surface area contributed by atoms with Crippen LogP contribution >= 0.6 is 0 Å². The predicted octanol–water partition coefficient (Wildman–Crippen LogP) is -0.839. The van der Waals surface area contributed by atoms with Crippen LogP contribution in [-0.4, -0.2) is 32.0 Å². The molecular formula is C5H8N2O2. The quantitative estimate of drug-likeness (QED) is 0.500. The first-order chi connectivity index (χ1) is 4.34. The van der Waals surface area contributed by atoms with Crippen LogP contribution in [0.4, 0.5) is 0 Å². The zero-order chi connectivity index (χ0) is 6.69. The highest BCUT2D eigenvalue weighted by Gasteiger charge is 2.14. The number of carbonyl (C=O) groups is 1. The number of amides is 1. The maximum atomic E-state index is 10.6. The van der Waals surface area contributed by atoms with Crippen molar-refractivity contribution in [3.8, 4) is 0 Å². The van der Waals surface area contributed by atoms with Gasteiger partial charge in [0.15, 0.2) is 0 Å². The van der Waals surface area contributed by atoms with E-state index < -0.39 is 0 Å². The van der Waals surface area contributed by atoms with Crippen molar-refractivity contribution in [3.63, 3.8) is 0 Å². The molecule has 0 radical (unpaired) electrons. The van der Waals surface area contributed by atoms with E-state index in [1.54, 1.807) is 7.05 Å². The second-order valence-corrected chi connectivity index (χ2v) is 1.61. The normalized spacial score (nSPS) is 16.3.